The number of halogens is 1. The Hall–Kier alpha value is -3.19. The Morgan fingerprint density at radius 1 is 1.33 bits per heavy atom. The number of hydrogen-bond acceptors (Lipinski definition) is 5. The van der Waals surface area contributed by atoms with Crippen LogP contribution in [0, 0.1) is 13.8 Å². The average molecular weight is 429 g/mol. The molecule has 2 aromatic carbocycles. The molecule has 0 fully saturated rings. The van der Waals surface area contributed by atoms with Gasteiger partial charge in [-0.2, -0.15) is 0 Å². The zero-order chi connectivity index (χ0) is 21.8. The number of nitrogens with zero attached hydrogens (tertiary/aromatic N) is 2. The summed E-state index contributed by atoms with van der Waals surface area (Å²) < 4.78 is 6.35. The van der Waals surface area contributed by atoms with E-state index in [0.717, 1.165) is 11.1 Å². The maximum absolute atomic E-state index is 13.4. The van der Waals surface area contributed by atoms with Crippen LogP contribution in [0.2, 0.25) is 5.02 Å². The smallest absolute Gasteiger partial charge is 0.303 e. The van der Waals surface area contributed by atoms with Crippen LogP contribution in [0.15, 0.2) is 41.5 Å². The number of aromatic nitrogens is 2. The number of aliphatic carboxylic acids is 1. The van der Waals surface area contributed by atoms with Crippen molar-refractivity contribution in [2.75, 3.05) is 6.61 Å². The molecule has 3 aromatic rings. The molecule has 0 bridgehead atoms. The van der Waals surface area contributed by atoms with E-state index in [1.54, 1.807) is 37.3 Å². The van der Waals surface area contributed by atoms with Crippen molar-refractivity contribution in [3.8, 4) is 5.69 Å². The van der Waals surface area contributed by atoms with Crippen LogP contribution < -0.4 is 5.56 Å². The van der Waals surface area contributed by atoms with Gasteiger partial charge in [-0.25, -0.2) is 4.98 Å². The summed E-state index contributed by atoms with van der Waals surface area (Å²) in [6, 6.07) is 8.78. The van der Waals surface area contributed by atoms with Gasteiger partial charge in [0.2, 0.25) is 0 Å². The molecule has 1 aromatic heterocycles. The average Bonchev–Trinajstić information content (AvgIpc) is 2.70. The topological polar surface area (TPSA) is 98.5 Å². The molecule has 0 amide bonds. The van der Waals surface area contributed by atoms with Gasteiger partial charge < -0.3 is 9.84 Å². The zero-order valence-electron chi connectivity index (χ0n) is 16.6. The van der Waals surface area contributed by atoms with E-state index < -0.39 is 5.97 Å². The normalized spacial score (nSPS) is 12.0. The molecule has 0 radical (unpaired) electrons. The van der Waals surface area contributed by atoms with Gasteiger partial charge in [0.05, 0.1) is 28.2 Å². The number of carbonyl (C=O) groups is 2. The SMILES string of the molecule is Cc1cc2ncn(-c3ccccc3Cl)c(=O)c2c(C)c1C(CCC(=O)O)COC=O. The van der Waals surface area contributed by atoms with Gasteiger partial charge in [0.15, 0.2) is 0 Å². The molecule has 0 aliphatic rings. The first-order valence-electron chi connectivity index (χ1n) is 9.38. The third-order valence-electron chi connectivity index (χ3n) is 5.15. The molecular weight excluding hydrogens is 408 g/mol. The van der Waals surface area contributed by atoms with Gasteiger partial charge in [0.25, 0.3) is 12.0 Å². The van der Waals surface area contributed by atoms with Crippen molar-refractivity contribution in [1.29, 1.82) is 0 Å². The first-order valence-corrected chi connectivity index (χ1v) is 9.76. The number of rotatable bonds is 8. The molecule has 0 saturated heterocycles. The number of aryl methyl sites for hydroxylation is 2. The monoisotopic (exact) mass is 428 g/mol. The molecule has 1 N–H and O–H groups in total. The van der Waals surface area contributed by atoms with Crippen LogP contribution in [0.25, 0.3) is 16.6 Å². The van der Waals surface area contributed by atoms with Gasteiger partial charge in [0.1, 0.15) is 6.33 Å². The van der Waals surface area contributed by atoms with Gasteiger partial charge in [-0.15, -0.1) is 0 Å². The number of carboxylic acid groups (broad SMARTS) is 1. The van der Waals surface area contributed by atoms with Gasteiger partial charge in [0, 0.05) is 12.3 Å². The Morgan fingerprint density at radius 2 is 2.07 bits per heavy atom. The quantitative estimate of drug-likeness (QED) is 0.548. The van der Waals surface area contributed by atoms with Crippen LogP contribution in [-0.4, -0.2) is 33.7 Å². The lowest BCUT2D eigenvalue weighted by atomic mass is 9.86. The highest BCUT2D eigenvalue weighted by molar-refractivity contribution is 6.32. The number of benzene rings is 2. The van der Waals surface area contributed by atoms with Crippen LogP contribution in [-0.2, 0) is 14.3 Å². The van der Waals surface area contributed by atoms with Crippen molar-refractivity contribution in [1.82, 2.24) is 9.55 Å². The maximum atomic E-state index is 13.4. The highest BCUT2D eigenvalue weighted by atomic mass is 35.5. The van der Waals surface area contributed by atoms with Crippen LogP contribution >= 0.6 is 11.6 Å². The largest absolute Gasteiger partial charge is 0.481 e. The summed E-state index contributed by atoms with van der Waals surface area (Å²) in [4.78, 5) is 39.6. The fraction of sp³-hybridized carbons (Fsp3) is 0.273. The summed E-state index contributed by atoms with van der Waals surface area (Å²) in [6.07, 6.45) is 1.64. The van der Waals surface area contributed by atoms with Crippen molar-refractivity contribution in [2.45, 2.75) is 32.6 Å². The highest BCUT2D eigenvalue weighted by Gasteiger charge is 2.22. The number of carbonyl (C=O) groups excluding carboxylic acids is 1. The number of para-hydroxylation sites is 1. The van der Waals surface area contributed by atoms with E-state index in [1.807, 2.05) is 6.92 Å². The molecule has 1 heterocycles. The first kappa shape index (κ1) is 21.5. The van der Waals surface area contributed by atoms with Crippen molar-refractivity contribution < 1.29 is 19.4 Å². The Labute approximate surface area is 177 Å². The summed E-state index contributed by atoms with van der Waals surface area (Å²) in [5, 5.41) is 9.93. The predicted molar refractivity (Wildman–Crippen MR) is 113 cm³/mol. The summed E-state index contributed by atoms with van der Waals surface area (Å²) in [5.74, 6) is -1.30. The van der Waals surface area contributed by atoms with Gasteiger partial charge in [-0.3, -0.25) is 19.0 Å². The van der Waals surface area contributed by atoms with Crippen LogP contribution in [0.5, 0.6) is 0 Å². The number of ether oxygens (including phenoxy) is 1. The molecule has 1 atom stereocenters. The molecule has 0 aliphatic carbocycles. The van der Waals surface area contributed by atoms with E-state index in [0.29, 0.717) is 33.6 Å². The maximum Gasteiger partial charge on any atom is 0.303 e. The minimum atomic E-state index is -0.940. The van der Waals surface area contributed by atoms with Crippen molar-refractivity contribution in [3.63, 3.8) is 0 Å². The molecular formula is C22H21ClN2O5. The van der Waals surface area contributed by atoms with E-state index in [-0.39, 0.29) is 30.9 Å². The van der Waals surface area contributed by atoms with E-state index in [2.05, 4.69) is 4.98 Å². The molecule has 0 spiro atoms. The van der Waals surface area contributed by atoms with Gasteiger partial charge >= 0.3 is 5.97 Å². The molecule has 0 aliphatic heterocycles. The lowest BCUT2D eigenvalue weighted by molar-refractivity contribution is -0.137. The van der Waals surface area contributed by atoms with E-state index in [1.165, 1.54) is 10.9 Å². The summed E-state index contributed by atoms with van der Waals surface area (Å²) in [5.41, 5.74) is 3.12. The van der Waals surface area contributed by atoms with Crippen molar-refractivity contribution in [2.24, 2.45) is 0 Å². The predicted octanol–water partition coefficient (Wildman–Crippen LogP) is 3.78. The molecule has 3 rings (SSSR count). The lowest BCUT2D eigenvalue weighted by Crippen LogP contribution is -2.21. The molecule has 7 nitrogen and oxygen atoms in total. The molecule has 0 saturated carbocycles. The third kappa shape index (κ3) is 4.21. The Bertz CT molecular complexity index is 1170. The summed E-state index contributed by atoms with van der Waals surface area (Å²) >= 11 is 6.26. The molecule has 156 valence electrons. The van der Waals surface area contributed by atoms with Crippen LogP contribution in [0.1, 0.15) is 35.4 Å². The molecule has 1 unspecified atom stereocenters. The summed E-state index contributed by atoms with van der Waals surface area (Å²) in [7, 11) is 0. The molecule has 8 heteroatoms. The van der Waals surface area contributed by atoms with Crippen molar-refractivity contribution in [3.05, 3.63) is 68.7 Å². The fourth-order valence-electron chi connectivity index (χ4n) is 3.85. The van der Waals surface area contributed by atoms with Crippen LogP contribution in [0.3, 0.4) is 0 Å². The Morgan fingerprint density at radius 3 is 2.73 bits per heavy atom. The van der Waals surface area contributed by atoms with E-state index >= 15 is 0 Å². The lowest BCUT2D eigenvalue weighted by Gasteiger charge is -2.22. The standard InChI is InChI=1S/C22H21ClN2O5/c1-13-9-17-21(14(2)20(13)15(10-30-12-26)7-8-19(27)28)22(29)25(11-24-17)18-6-4-3-5-16(18)23/h3-6,9,11-12,15H,7-8,10H2,1-2H3,(H,27,28). The second-order valence-electron chi connectivity index (χ2n) is 7.06. The minimum Gasteiger partial charge on any atom is -0.481 e. The first-order chi connectivity index (χ1) is 14.3. The Balaban J connectivity index is 2.22. The second kappa shape index (κ2) is 9.09. The fourth-order valence-corrected chi connectivity index (χ4v) is 4.08. The Kier molecular flexibility index (Phi) is 6.52. The minimum absolute atomic E-state index is 0.0307. The van der Waals surface area contributed by atoms with E-state index in [9.17, 15) is 14.4 Å². The van der Waals surface area contributed by atoms with Gasteiger partial charge in [-0.05, 0) is 55.2 Å². The van der Waals surface area contributed by atoms with Gasteiger partial charge in [-0.1, -0.05) is 23.7 Å². The van der Waals surface area contributed by atoms with Crippen molar-refractivity contribution >= 4 is 34.9 Å². The number of fused-ring (bicyclic) bond motifs is 1. The number of carboxylic acids is 1. The third-order valence-corrected chi connectivity index (χ3v) is 5.47. The number of hydrogen-bond donors (Lipinski definition) is 1. The molecule has 30 heavy (non-hydrogen) atoms. The van der Waals surface area contributed by atoms with E-state index in [4.69, 9.17) is 21.4 Å². The summed E-state index contributed by atoms with van der Waals surface area (Å²) in [6.45, 7) is 4.05. The second-order valence-corrected chi connectivity index (χ2v) is 7.46. The zero-order valence-corrected chi connectivity index (χ0v) is 17.3. The van der Waals surface area contributed by atoms with Crippen LogP contribution in [0.4, 0.5) is 0 Å². The highest BCUT2D eigenvalue weighted by Crippen LogP contribution is 2.32.